The van der Waals surface area contributed by atoms with E-state index in [1.54, 1.807) is 26.2 Å². The van der Waals surface area contributed by atoms with Gasteiger partial charge in [-0.05, 0) is 73.1 Å². The number of carbonyl (C=O) groups is 1. The highest BCUT2D eigenvalue weighted by molar-refractivity contribution is 8.19. The zero-order valence-corrected chi connectivity index (χ0v) is 23.8. The number of unbranched alkanes of at least 4 members (excludes halogenated alkanes) is 5. The quantitative estimate of drug-likeness (QED) is 0.197. The molecule has 2 aromatic rings. The Labute approximate surface area is 228 Å². The van der Waals surface area contributed by atoms with Gasteiger partial charge in [-0.25, -0.2) is 0 Å². The number of nitrogens with zero attached hydrogens (tertiary/aromatic N) is 2. The van der Waals surface area contributed by atoms with Crippen molar-refractivity contribution in [2.75, 3.05) is 20.3 Å². The Hall–Kier alpha value is -2.49. The summed E-state index contributed by atoms with van der Waals surface area (Å²) in [7, 11) is -2.43. The van der Waals surface area contributed by atoms with E-state index in [9.17, 15) is 13.2 Å². The van der Waals surface area contributed by atoms with Crippen LogP contribution in [-0.4, -0.2) is 44.7 Å². The lowest BCUT2D eigenvalue weighted by Crippen LogP contribution is -2.29. The first-order valence-corrected chi connectivity index (χ1v) is 15.0. The van der Waals surface area contributed by atoms with Gasteiger partial charge in [0, 0.05) is 11.6 Å². The van der Waals surface area contributed by atoms with Crippen molar-refractivity contribution in [1.82, 2.24) is 4.90 Å². The summed E-state index contributed by atoms with van der Waals surface area (Å²) in [5, 5.41) is 0.534. The number of carbonyl (C=O) groups excluding carboxylic acids is 1. The normalized spacial score (nSPS) is 16.1. The molecule has 0 bridgehead atoms. The van der Waals surface area contributed by atoms with E-state index in [0.29, 0.717) is 28.0 Å². The van der Waals surface area contributed by atoms with Crippen LogP contribution in [0.1, 0.15) is 57.9 Å². The van der Waals surface area contributed by atoms with Crippen molar-refractivity contribution in [2.24, 2.45) is 4.40 Å². The van der Waals surface area contributed by atoms with E-state index in [4.69, 9.17) is 21.1 Å². The van der Waals surface area contributed by atoms with Crippen LogP contribution in [0.4, 0.5) is 0 Å². The van der Waals surface area contributed by atoms with Crippen LogP contribution in [0.3, 0.4) is 0 Å². The molecule has 0 unspecified atom stereocenters. The first-order valence-electron chi connectivity index (χ1n) is 12.4. The number of hydrogen-bond acceptors (Lipinski definition) is 6. The van der Waals surface area contributed by atoms with Crippen LogP contribution in [-0.2, 0) is 14.8 Å². The maximum absolute atomic E-state index is 13.0. The van der Waals surface area contributed by atoms with E-state index in [2.05, 4.69) is 11.3 Å². The predicted octanol–water partition coefficient (Wildman–Crippen LogP) is 6.77. The summed E-state index contributed by atoms with van der Waals surface area (Å²) in [6.07, 6.45) is 8.80. The number of rotatable bonds is 13. The SMILES string of the molecule is CCCCCCCCOc1ccc(C=C2SC(=NS(=O)(=O)c3ccc(Cl)cc3)N(CC)C2=O)cc1OC. The molecule has 200 valence electrons. The highest BCUT2D eigenvalue weighted by Crippen LogP contribution is 2.35. The Morgan fingerprint density at radius 1 is 1.00 bits per heavy atom. The molecule has 1 aliphatic heterocycles. The summed E-state index contributed by atoms with van der Waals surface area (Å²) in [6.45, 7) is 4.87. The number of thioether (sulfide) groups is 1. The van der Waals surface area contributed by atoms with E-state index in [1.165, 1.54) is 54.8 Å². The average molecular weight is 565 g/mol. The minimum atomic E-state index is -4.01. The van der Waals surface area contributed by atoms with E-state index < -0.39 is 10.0 Å². The van der Waals surface area contributed by atoms with Crippen molar-refractivity contribution in [3.8, 4) is 11.5 Å². The molecule has 0 saturated carbocycles. The highest BCUT2D eigenvalue weighted by Gasteiger charge is 2.34. The van der Waals surface area contributed by atoms with Crippen molar-refractivity contribution in [2.45, 2.75) is 57.3 Å². The fourth-order valence-corrected chi connectivity index (χ4v) is 6.10. The fraction of sp³-hybridized carbons (Fsp3) is 0.407. The number of methoxy groups -OCH3 is 1. The van der Waals surface area contributed by atoms with Gasteiger partial charge in [0.2, 0.25) is 0 Å². The van der Waals surface area contributed by atoms with Gasteiger partial charge in [0.15, 0.2) is 16.7 Å². The Kier molecular flexibility index (Phi) is 10.9. The standard InChI is InChI=1S/C27H33ClN2O5S2/c1-4-6-7-8-9-10-17-35-23-16-11-20(18-24(23)34-3)19-25-26(31)30(5-2)27(36-25)29-37(32,33)22-14-12-21(28)13-15-22/h11-16,18-19H,4-10,17H2,1-3H3. The maximum atomic E-state index is 13.0. The molecule has 1 fully saturated rings. The zero-order chi connectivity index (χ0) is 26.8. The second-order valence-electron chi connectivity index (χ2n) is 8.49. The molecule has 1 saturated heterocycles. The molecule has 0 atom stereocenters. The number of halogens is 1. The van der Waals surface area contributed by atoms with Gasteiger partial charge >= 0.3 is 0 Å². The van der Waals surface area contributed by atoms with Gasteiger partial charge in [0.05, 0.1) is 23.5 Å². The molecule has 0 spiro atoms. The molecular formula is C27H33ClN2O5S2. The third-order valence-corrected chi connectivity index (χ3v) is 8.41. The van der Waals surface area contributed by atoms with Gasteiger partial charge in [0.25, 0.3) is 15.9 Å². The highest BCUT2D eigenvalue weighted by atomic mass is 35.5. The minimum Gasteiger partial charge on any atom is -0.493 e. The number of sulfonamides is 1. The lowest BCUT2D eigenvalue weighted by atomic mass is 10.1. The topological polar surface area (TPSA) is 85.3 Å². The molecule has 3 rings (SSSR count). The maximum Gasteiger partial charge on any atom is 0.284 e. The second-order valence-corrected chi connectivity index (χ2v) is 11.5. The predicted molar refractivity (Wildman–Crippen MR) is 151 cm³/mol. The molecule has 10 heteroatoms. The number of benzene rings is 2. The molecule has 0 radical (unpaired) electrons. The van der Waals surface area contributed by atoms with Crippen LogP contribution in [0.2, 0.25) is 5.02 Å². The fourth-order valence-electron chi connectivity index (χ4n) is 3.73. The lowest BCUT2D eigenvalue weighted by molar-refractivity contribution is -0.122. The van der Waals surface area contributed by atoms with Crippen LogP contribution in [0.5, 0.6) is 11.5 Å². The number of hydrogen-bond donors (Lipinski definition) is 0. The zero-order valence-electron chi connectivity index (χ0n) is 21.4. The molecule has 1 amide bonds. The van der Waals surface area contributed by atoms with Crippen molar-refractivity contribution < 1.29 is 22.7 Å². The van der Waals surface area contributed by atoms with Crippen molar-refractivity contribution >= 4 is 50.5 Å². The number of likely N-dealkylation sites (N-methyl/N-ethyl adjacent to an activating group) is 1. The first-order chi connectivity index (χ1) is 17.8. The van der Waals surface area contributed by atoms with Crippen molar-refractivity contribution in [3.63, 3.8) is 0 Å². The molecule has 0 N–H and O–H groups in total. The van der Waals surface area contributed by atoms with E-state index in [1.807, 2.05) is 12.1 Å². The molecule has 2 aromatic carbocycles. The second kappa shape index (κ2) is 13.9. The number of ether oxygens (including phenoxy) is 2. The molecular weight excluding hydrogens is 532 g/mol. The van der Waals surface area contributed by atoms with Crippen molar-refractivity contribution in [3.05, 3.63) is 58.0 Å². The van der Waals surface area contributed by atoms with E-state index in [-0.39, 0.29) is 22.5 Å². The number of amides is 1. The molecule has 7 nitrogen and oxygen atoms in total. The Bertz CT molecular complexity index is 1240. The summed E-state index contributed by atoms with van der Waals surface area (Å²) < 4.78 is 41.0. The third kappa shape index (κ3) is 7.99. The van der Waals surface area contributed by atoms with E-state index in [0.717, 1.165) is 30.2 Å². The van der Waals surface area contributed by atoms with Gasteiger partial charge in [-0.15, -0.1) is 4.40 Å². The van der Waals surface area contributed by atoms with E-state index >= 15 is 0 Å². The Morgan fingerprint density at radius 2 is 1.70 bits per heavy atom. The summed E-state index contributed by atoms with van der Waals surface area (Å²) in [5.74, 6) is 0.914. The Morgan fingerprint density at radius 3 is 2.38 bits per heavy atom. The molecule has 0 aromatic heterocycles. The van der Waals surface area contributed by atoms with Crippen LogP contribution in [0, 0.1) is 0 Å². The molecule has 0 aliphatic carbocycles. The van der Waals surface area contributed by atoms with Crippen LogP contribution < -0.4 is 9.47 Å². The molecule has 37 heavy (non-hydrogen) atoms. The van der Waals surface area contributed by atoms with Crippen LogP contribution in [0.25, 0.3) is 6.08 Å². The summed E-state index contributed by atoms with van der Waals surface area (Å²) >= 11 is 6.89. The van der Waals surface area contributed by atoms with Gasteiger partial charge < -0.3 is 9.47 Å². The minimum absolute atomic E-state index is 0.00668. The first kappa shape index (κ1) is 29.1. The van der Waals surface area contributed by atoms with Crippen molar-refractivity contribution in [1.29, 1.82) is 0 Å². The number of amidine groups is 1. The van der Waals surface area contributed by atoms with Gasteiger partial charge in [-0.1, -0.05) is 56.7 Å². The molecule has 1 heterocycles. The van der Waals surface area contributed by atoms with Crippen LogP contribution in [0.15, 0.2) is 56.7 Å². The van der Waals surface area contributed by atoms with Gasteiger partial charge in [-0.2, -0.15) is 8.42 Å². The lowest BCUT2D eigenvalue weighted by Gasteiger charge is -2.12. The summed E-state index contributed by atoms with van der Waals surface area (Å²) in [4.78, 5) is 14.7. The summed E-state index contributed by atoms with van der Waals surface area (Å²) in [6, 6.07) is 11.2. The van der Waals surface area contributed by atoms with Crippen LogP contribution >= 0.6 is 23.4 Å². The third-order valence-electron chi connectivity index (χ3n) is 5.75. The smallest absolute Gasteiger partial charge is 0.284 e. The Balaban J connectivity index is 1.73. The average Bonchev–Trinajstić information content (AvgIpc) is 3.16. The molecule has 1 aliphatic rings. The summed E-state index contributed by atoms with van der Waals surface area (Å²) in [5.41, 5.74) is 0.734. The largest absolute Gasteiger partial charge is 0.493 e. The van der Waals surface area contributed by atoms with Gasteiger partial charge in [0.1, 0.15) is 0 Å². The van der Waals surface area contributed by atoms with Gasteiger partial charge in [-0.3, -0.25) is 9.69 Å². The monoisotopic (exact) mass is 564 g/mol.